The van der Waals surface area contributed by atoms with E-state index in [0.717, 1.165) is 43.5 Å². The lowest BCUT2D eigenvalue weighted by molar-refractivity contribution is 0.120. The summed E-state index contributed by atoms with van der Waals surface area (Å²) in [5.41, 5.74) is 0. The van der Waals surface area contributed by atoms with Gasteiger partial charge in [-0.05, 0) is 33.6 Å². The van der Waals surface area contributed by atoms with Crippen LogP contribution in [-0.2, 0) is 4.74 Å². The summed E-state index contributed by atoms with van der Waals surface area (Å²) in [4.78, 5) is 8.74. The highest BCUT2D eigenvalue weighted by Gasteiger charge is 2.15. The van der Waals surface area contributed by atoms with Crippen molar-refractivity contribution in [3.05, 3.63) is 11.9 Å². The molecule has 1 unspecified atom stereocenters. The van der Waals surface area contributed by atoms with E-state index in [2.05, 4.69) is 34.4 Å². The minimum Gasteiger partial charge on any atom is -0.376 e. The molecule has 1 aromatic heterocycles. The Morgan fingerprint density at radius 1 is 1.39 bits per heavy atom. The number of nitrogens with one attached hydrogen (secondary N) is 2. The second-order valence-electron chi connectivity index (χ2n) is 5.00. The molecule has 5 nitrogen and oxygen atoms in total. The fourth-order valence-electron chi connectivity index (χ4n) is 2.05. The molecule has 5 heteroatoms. The van der Waals surface area contributed by atoms with E-state index in [4.69, 9.17) is 4.74 Å². The molecule has 0 spiro atoms. The molecule has 100 valence electrons. The summed E-state index contributed by atoms with van der Waals surface area (Å²) in [7, 11) is 0. The summed E-state index contributed by atoms with van der Waals surface area (Å²) in [5.74, 6) is 2.50. The van der Waals surface area contributed by atoms with Crippen molar-refractivity contribution in [1.29, 1.82) is 0 Å². The van der Waals surface area contributed by atoms with Gasteiger partial charge in [0.15, 0.2) is 0 Å². The van der Waals surface area contributed by atoms with E-state index < -0.39 is 0 Å². The van der Waals surface area contributed by atoms with E-state index in [1.807, 2.05) is 13.0 Å². The first kappa shape index (κ1) is 13.1. The maximum absolute atomic E-state index is 5.58. The summed E-state index contributed by atoms with van der Waals surface area (Å²) < 4.78 is 5.58. The highest BCUT2D eigenvalue weighted by molar-refractivity contribution is 5.47. The number of rotatable bonds is 5. The van der Waals surface area contributed by atoms with Gasteiger partial charge in [-0.2, -0.15) is 0 Å². The standard InChI is InChI=1S/C13H22N4O/c1-9(2)15-13-7-12(16-10(3)17-13)14-8-11-5-4-6-18-11/h7,9,11H,4-6,8H2,1-3H3,(H2,14,15,16,17). The monoisotopic (exact) mass is 250 g/mol. The second-order valence-corrected chi connectivity index (χ2v) is 5.00. The van der Waals surface area contributed by atoms with Crippen LogP contribution in [0, 0.1) is 6.92 Å². The molecule has 0 bridgehead atoms. The lowest BCUT2D eigenvalue weighted by atomic mass is 10.2. The molecule has 0 aromatic carbocycles. The molecule has 18 heavy (non-hydrogen) atoms. The highest BCUT2D eigenvalue weighted by atomic mass is 16.5. The molecule has 2 N–H and O–H groups in total. The Bertz CT molecular complexity index is 389. The van der Waals surface area contributed by atoms with E-state index in [1.165, 1.54) is 0 Å². The molecule has 0 amide bonds. The lowest BCUT2D eigenvalue weighted by Gasteiger charge is -2.14. The molecule has 1 atom stereocenters. The Labute approximate surface area is 108 Å². The first-order chi connectivity index (χ1) is 8.63. The summed E-state index contributed by atoms with van der Waals surface area (Å²) >= 11 is 0. The number of ether oxygens (including phenoxy) is 1. The van der Waals surface area contributed by atoms with Gasteiger partial charge in [0.1, 0.15) is 17.5 Å². The Balaban J connectivity index is 1.96. The van der Waals surface area contributed by atoms with Crippen molar-refractivity contribution in [2.75, 3.05) is 23.8 Å². The van der Waals surface area contributed by atoms with Crippen molar-refractivity contribution in [2.45, 2.75) is 45.8 Å². The fourth-order valence-corrected chi connectivity index (χ4v) is 2.05. The zero-order valence-corrected chi connectivity index (χ0v) is 11.4. The molecular weight excluding hydrogens is 228 g/mol. The van der Waals surface area contributed by atoms with Crippen LogP contribution in [0.4, 0.5) is 11.6 Å². The molecular formula is C13H22N4O. The predicted octanol–water partition coefficient (Wildman–Crippen LogP) is 2.20. The van der Waals surface area contributed by atoms with Gasteiger partial charge in [0.2, 0.25) is 0 Å². The largest absolute Gasteiger partial charge is 0.376 e. The third kappa shape index (κ3) is 3.84. The van der Waals surface area contributed by atoms with Crippen molar-refractivity contribution < 1.29 is 4.74 Å². The number of nitrogens with zero attached hydrogens (tertiary/aromatic N) is 2. The van der Waals surface area contributed by atoms with Crippen LogP contribution in [0.15, 0.2) is 6.07 Å². The molecule has 1 saturated heterocycles. The van der Waals surface area contributed by atoms with Crippen LogP contribution < -0.4 is 10.6 Å². The Morgan fingerprint density at radius 3 is 2.83 bits per heavy atom. The Hall–Kier alpha value is -1.36. The maximum Gasteiger partial charge on any atom is 0.131 e. The van der Waals surface area contributed by atoms with Crippen molar-refractivity contribution in [3.63, 3.8) is 0 Å². The normalized spacial score (nSPS) is 19.2. The van der Waals surface area contributed by atoms with Gasteiger partial charge in [0.25, 0.3) is 0 Å². The number of aryl methyl sites for hydroxylation is 1. The minimum absolute atomic E-state index is 0.321. The van der Waals surface area contributed by atoms with Crippen LogP contribution in [0.2, 0.25) is 0 Å². The zero-order chi connectivity index (χ0) is 13.0. The first-order valence-corrected chi connectivity index (χ1v) is 6.61. The van der Waals surface area contributed by atoms with E-state index in [-0.39, 0.29) is 0 Å². The topological polar surface area (TPSA) is 59.1 Å². The summed E-state index contributed by atoms with van der Waals surface area (Å²) in [5, 5.41) is 6.62. The van der Waals surface area contributed by atoms with Crippen molar-refractivity contribution in [1.82, 2.24) is 9.97 Å². The number of anilines is 2. The fraction of sp³-hybridized carbons (Fsp3) is 0.692. The number of hydrogen-bond acceptors (Lipinski definition) is 5. The van der Waals surface area contributed by atoms with Gasteiger partial charge in [-0.25, -0.2) is 9.97 Å². The second kappa shape index (κ2) is 6.00. The van der Waals surface area contributed by atoms with E-state index in [0.29, 0.717) is 12.1 Å². The highest BCUT2D eigenvalue weighted by Crippen LogP contribution is 2.15. The summed E-state index contributed by atoms with van der Waals surface area (Å²) in [6.45, 7) is 7.80. The van der Waals surface area contributed by atoms with Crippen LogP contribution >= 0.6 is 0 Å². The van der Waals surface area contributed by atoms with E-state index in [9.17, 15) is 0 Å². The van der Waals surface area contributed by atoms with Crippen molar-refractivity contribution in [2.24, 2.45) is 0 Å². The minimum atomic E-state index is 0.321. The van der Waals surface area contributed by atoms with Gasteiger partial charge < -0.3 is 15.4 Å². The van der Waals surface area contributed by atoms with Crippen LogP contribution in [0.1, 0.15) is 32.5 Å². The average Bonchev–Trinajstić information content (AvgIpc) is 2.77. The molecule has 0 radical (unpaired) electrons. The van der Waals surface area contributed by atoms with Gasteiger partial charge in [-0.3, -0.25) is 0 Å². The molecule has 2 heterocycles. The Morgan fingerprint density at radius 2 is 2.17 bits per heavy atom. The van der Waals surface area contributed by atoms with Crippen molar-refractivity contribution >= 4 is 11.6 Å². The Kier molecular flexibility index (Phi) is 4.36. The first-order valence-electron chi connectivity index (χ1n) is 6.61. The van der Waals surface area contributed by atoms with Crippen molar-refractivity contribution in [3.8, 4) is 0 Å². The van der Waals surface area contributed by atoms with E-state index >= 15 is 0 Å². The molecule has 0 aliphatic carbocycles. The summed E-state index contributed by atoms with van der Waals surface area (Å²) in [6.07, 6.45) is 2.62. The maximum atomic E-state index is 5.58. The van der Waals surface area contributed by atoms with Crippen LogP contribution in [0.25, 0.3) is 0 Å². The van der Waals surface area contributed by atoms with E-state index in [1.54, 1.807) is 0 Å². The predicted molar refractivity (Wildman–Crippen MR) is 73.0 cm³/mol. The van der Waals surface area contributed by atoms with Gasteiger partial charge >= 0.3 is 0 Å². The van der Waals surface area contributed by atoms with Gasteiger partial charge in [-0.15, -0.1) is 0 Å². The number of aromatic nitrogens is 2. The van der Waals surface area contributed by atoms with Crippen LogP contribution in [-0.4, -0.2) is 35.3 Å². The van der Waals surface area contributed by atoms with Gasteiger partial charge in [0.05, 0.1) is 6.10 Å². The van der Waals surface area contributed by atoms with Gasteiger partial charge in [0, 0.05) is 25.3 Å². The molecule has 1 aliphatic heterocycles. The summed E-state index contributed by atoms with van der Waals surface area (Å²) in [6, 6.07) is 2.31. The van der Waals surface area contributed by atoms with Crippen LogP contribution in [0.3, 0.4) is 0 Å². The molecule has 1 aromatic rings. The average molecular weight is 250 g/mol. The molecule has 1 aliphatic rings. The third-order valence-corrected chi connectivity index (χ3v) is 2.81. The molecule has 0 saturated carbocycles. The lowest BCUT2D eigenvalue weighted by Crippen LogP contribution is -2.19. The quantitative estimate of drug-likeness (QED) is 0.839. The third-order valence-electron chi connectivity index (χ3n) is 2.81. The zero-order valence-electron chi connectivity index (χ0n) is 11.4. The number of hydrogen-bond donors (Lipinski definition) is 2. The molecule has 2 rings (SSSR count). The van der Waals surface area contributed by atoms with Crippen LogP contribution in [0.5, 0.6) is 0 Å². The van der Waals surface area contributed by atoms with Gasteiger partial charge in [-0.1, -0.05) is 0 Å². The smallest absolute Gasteiger partial charge is 0.131 e. The molecule has 1 fully saturated rings. The SMILES string of the molecule is Cc1nc(NCC2CCCO2)cc(NC(C)C)n1.